The van der Waals surface area contributed by atoms with Crippen molar-refractivity contribution >= 4 is 17.5 Å². The number of aryl methyl sites for hydroxylation is 2. The molecule has 0 aliphatic carbocycles. The van der Waals surface area contributed by atoms with Gasteiger partial charge in [0.2, 0.25) is 5.91 Å². The predicted octanol–water partition coefficient (Wildman–Crippen LogP) is 4.97. The number of carbonyl (C=O) groups excluding carboxylic acids is 1. The number of rotatable bonds is 6. The van der Waals surface area contributed by atoms with Crippen LogP contribution in [0.15, 0.2) is 59.1 Å². The van der Waals surface area contributed by atoms with Gasteiger partial charge in [0.05, 0.1) is 11.2 Å². The molecule has 0 N–H and O–H groups in total. The quantitative estimate of drug-likeness (QED) is 0.546. The number of hydrogen-bond donors (Lipinski definition) is 0. The van der Waals surface area contributed by atoms with E-state index in [0.29, 0.717) is 29.5 Å². The van der Waals surface area contributed by atoms with Gasteiger partial charge in [-0.05, 0) is 36.6 Å². The second-order valence-corrected chi connectivity index (χ2v) is 8.44. The Balaban J connectivity index is 1.29. The predicted molar refractivity (Wildman–Crippen MR) is 123 cm³/mol. The van der Waals surface area contributed by atoms with Gasteiger partial charge in [0.15, 0.2) is 11.7 Å². The molecule has 1 aromatic heterocycles. The van der Waals surface area contributed by atoms with Crippen LogP contribution in [0.3, 0.4) is 0 Å². The molecule has 0 spiro atoms. The highest BCUT2D eigenvalue weighted by molar-refractivity contribution is 6.33. The molecule has 6 heteroatoms. The average Bonchev–Trinajstić information content (AvgIpc) is 3.12. The van der Waals surface area contributed by atoms with E-state index in [-0.39, 0.29) is 5.91 Å². The molecule has 1 aliphatic rings. The Hall–Kier alpha value is -2.63. The number of benzene rings is 2. The second-order valence-electron chi connectivity index (χ2n) is 8.04. The fourth-order valence-corrected chi connectivity index (χ4v) is 4.22. The van der Waals surface area contributed by atoms with Crippen LogP contribution in [0.5, 0.6) is 0 Å². The Morgan fingerprint density at radius 1 is 1.06 bits per heavy atom. The Kier molecular flexibility index (Phi) is 7.05. The van der Waals surface area contributed by atoms with Crippen LogP contribution in [0.4, 0.5) is 0 Å². The zero-order chi connectivity index (χ0) is 21.6. The monoisotopic (exact) mass is 437 g/mol. The molecular weight excluding hydrogens is 410 g/mol. The summed E-state index contributed by atoms with van der Waals surface area (Å²) in [5.74, 6) is 1.36. The first-order chi connectivity index (χ1) is 15.1. The van der Waals surface area contributed by atoms with Gasteiger partial charge in [-0.2, -0.15) is 0 Å². The molecule has 4 rings (SSSR count). The van der Waals surface area contributed by atoms with Gasteiger partial charge >= 0.3 is 0 Å². The molecule has 1 saturated heterocycles. The molecule has 0 atom stereocenters. The fraction of sp³-hybridized carbons (Fsp3) is 0.360. The van der Waals surface area contributed by atoms with Gasteiger partial charge in [-0.3, -0.25) is 9.69 Å². The van der Waals surface area contributed by atoms with Gasteiger partial charge in [-0.25, -0.2) is 4.98 Å². The number of halogens is 1. The standard InChI is InChI=1S/C25H28ClN3O2/c1-19-7-2-3-8-20(19)18-28-13-6-14-29(16-15-28)25(30)12-11-24-27-17-23(31-24)21-9-4-5-10-22(21)26/h2-5,7-10,17H,6,11-16,18H2,1H3. The van der Waals surface area contributed by atoms with E-state index in [1.54, 1.807) is 6.20 Å². The molecule has 31 heavy (non-hydrogen) atoms. The Bertz CT molecular complexity index is 1030. The number of aromatic nitrogens is 1. The zero-order valence-corrected chi connectivity index (χ0v) is 18.6. The Morgan fingerprint density at radius 3 is 2.71 bits per heavy atom. The summed E-state index contributed by atoms with van der Waals surface area (Å²) in [4.78, 5) is 21.5. The maximum atomic E-state index is 12.8. The minimum atomic E-state index is 0.162. The fourth-order valence-electron chi connectivity index (χ4n) is 3.99. The summed E-state index contributed by atoms with van der Waals surface area (Å²) in [6.45, 7) is 6.58. The number of carbonyl (C=O) groups is 1. The first kappa shape index (κ1) is 21.6. The molecule has 0 saturated carbocycles. The van der Waals surface area contributed by atoms with Crippen LogP contribution in [0.2, 0.25) is 5.02 Å². The van der Waals surface area contributed by atoms with Gasteiger partial charge < -0.3 is 9.32 Å². The summed E-state index contributed by atoms with van der Waals surface area (Å²) in [5.41, 5.74) is 3.50. The van der Waals surface area contributed by atoms with Crippen LogP contribution >= 0.6 is 11.6 Å². The molecule has 1 aliphatic heterocycles. The Morgan fingerprint density at radius 2 is 1.87 bits per heavy atom. The van der Waals surface area contributed by atoms with Crippen molar-refractivity contribution in [2.75, 3.05) is 26.2 Å². The largest absolute Gasteiger partial charge is 0.441 e. The van der Waals surface area contributed by atoms with Crippen molar-refractivity contribution in [1.82, 2.24) is 14.8 Å². The lowest BCUT2D eigenvalue weighted by atomic mass is 10.1. The van der Waals surface area contributed by atoms with E-state index >= 15 is 0 Å². The van der Waals surface area contributed by atoms with E-state index in [1.807, 2.05) is 29.2 Å². The SMILES string of the molecule is Cc1ccccc1CN1CCCN(C(=O)CCc2ncc(-c3ccccc3Cl)o2)CC1. The normalized spacial score (nSPS) is 15.1. The van der Waals surface area contributed by atoms with Gasteiger partial charge in [0, 0.05) is 51.1 Å². The minimum absolute atomic E-state index is 0.162. The van der Waals surface area contributed by atoms with Crippen molar-refractivity contribution in [2.45, 2.75) is 32.7 Å². The lowest BCUT2D eigenvalue weighted by Gasteiger charge is -2.22. The number of hydrogen-bond acceptors (Lipinski definition) is 4. The molecule has 0 radical (unpaired) electrons. The molecule has 2 heterocycles. The van der Waals surface area contributed by atoms with Crippen molar-refractivity contribution in [3.63, 3.8) is 0 Å². The van der Waals surface area contributed by atoms with E-state index in [2.05, 4.69) is 41.1 Å². The highest BCUT2D eigenvalue weighted by Crippen LogP contribution is 2.28. The zero-order valence-electron chi connectivity index (χ0n) is 17.9. The summed E-state index contributed by atoms with van der Waals surface area (Å²) in [6.07, 6.45) is 3.57. The molecule has 3 aromatic rings. The van der Waals surface area contributed by atoms with Gasteiger partial charge in [0.25, 0.3) is 0 Å². The molecule has 0 unspecified atom stereocenters. The van der Waals surface area contributed by atoms with E-state index in [4.69, 9.17) is 16.0 Å². The van der Waals surface area contributed by atoms with Crippen molar-refractivity contribution in [2.24, 2.45) is 0 Å². The van der Waals surface area contributed by atoms with E-state index in [0.717, 1.165) is 44.7 Å². The van der Waals surface area contributed by atoms with E-state index in [9.17, 15) is 4.79 Å². The third kappa shape index (κ3) is 5.54. The molecular formula is C25H28ClN3O2. The third-order valence-corrected chi connectivity index (χ3v) is 6.17. The van der Waals surface area contributed by atoms with Gasteiger partial charge in [-0.1, -0.05) is 48.0 Å². The maximum Gasteiger partial charge on any atom is 0.223 e. The van der Waals surface area contributed by atoms with Crippen LogP contribution in [-0.4, -0.2) is 46.9 Å². The van der Waals surface area contributed by atoms with Crippen LogP contribution in [-0.2, 0) is 17.8 Å². The van der Waals surface area contributed by atoms with Crippen molar-refractivity contribution in [3.8, 4) is 11.3 Å². The van der Waals surface area contributed by atoms with Gasteiger partial charge in [0.1, 0.15) is 0 Å². The lowest BCUT2D eigenvalue weighted by Crippen LogP contribution is -2.35. The molecule has 1 fully saturated rings. The molecule has 162 valence electrons. The highest BCUT2D eigenvalue weighted by Gasteiger charge is 2.20. The molecule has 5 nitrogen and oxygen atoms in total. The molecule has 1 amide bonds. The summed E-state index contributed by atoms with van der Waals surface area (Å²) >= 11 is 6.23. The maximum absolute atomic E-state index is 12.8. The smallest absolute Gasteiger partial charge is 0.223 e. The molecule has 0 bridgehead atoms. The summed E-state index contributed by atoms with van der Waals surface area (Å²) < 4.78 is 5.83. The summed E-state index contributed by atoms with van der Waals surface area (Å²) in [6, 6.07) is 16.0. The van der Waals surface area contributed by atoms with Crippen LogP contribution < -0.4 is 0 Å². The number of nitrogens with zero attached hydrogens (tertiary/aromatic N) is 3. The van der Waals surface area contributed by atoms with E-state index < -0.39 is 0 Å². The first-order valence-corrected chi connectivity index (χ1v) is 11.2. The van der Waals surface area contributed by atoms with Crippen molar-refractivity contribution in [3.05, 3.63) is 76.8 Å². The van der Waals surface area contributed by atoms with Crippen LogP contribution in [0, 0.1) is 6.92 Å². The highest BCUT2D eigenvalue weighted by atomic mass is 35.5. The Labute approximate surface area is 188 Å². The molecule has 2 aromatic carbocycles. The minimum Gasteiger partial charge on any atom is -0.441 e. The van der Waals surface area contributed by atoms with Crippen LogP contribution in [0.25, 0.3) is 11.3 Å². The summed E-state index contributed by atoms with van der Waals surface area (Å²) in [7, 11) is 0. The summed E-state index contributed by atoms with van der Waals surface area (Å²) in [5, 5.41) is 0.626. The van der Waals surface area contributed by atoms with Crippen LogP contribution in [0.1, 0.15) is 29.9 Å². The van der Waals surface area contributed by atoms with Crippen molar-refractivity contribution in [1.29, 1.82) is 0 Å². The second kappa shape index (κ2) is 10.1. The lowest BCUT2D eigenvalue weighted by molar-refractivity contribution is -0.131. The third-order valence-electron chi connectivity index (χ3n) is 5.84. The van der Waals surface area contributed by atoms with Gasteiger partial charge in [-0.15, -0.1) is 0 Å². The van der Waals surface area contributed by atoms with Crippen molar-refractivity contribution < 1.29 is 9.21 Å². The average molecular weight is 438 g/mol. The number of oxazole rings is 1. The number of amides is 1. The first-order valence-electron chi connectivity index (χ1n) is 10.8. The topological polar surface area (TPSA) is 49.6 Å². The van der Waals surface area contributed by atoms with E-state index in [1.165, 1.54) is 11.1 Å².